The third-order valence-corrected chi connectivity index (χ3v) is 3.34. The van der Waals surface area contributed by atoms with Crippen LogP contribution < -0.4 is 10.6 Å². The van der Waals surface area contributed by atoms with Crippen LogP contribution >= 0.6 is 0 Å². The summed E-state index contributed by atoms with van der Waals surface area (Å²) in [6.07, 6.45) is -2.41. The minimum absolute atomic E-state index is 0.0317. The van der Waals surface area contributed by atoms with Crippen molar-refractivity contribution < 1.29 is 13.2 Å². The Labute approximate surface area is 125 Å². The van der Waals surface area contributed by atoms with Crippen LogP contribution in [-0.2, 0) is 0 Å². The quantitative estimate of drug-likeness (QED) is 0.584. The average Bonchev–Trinajstić information content (AvgIpc) is 2.73. The van der Waals surface area contributed by atoms with Crippen LogP contribution in [0.4, 0.5) is 13.2 Å². The highest BCUT2D eigenvalue weighted by Gasteiger charge is 2.34. The molecule has 1 atom stereocenters. The first-order valence-corrected chi connectivity index (χ1v) is 7.64. The van der Waals surface area contributed by atoms with Crippen molar-refractivity contribution in [3.05, 3.63) is 0 Å². The number of halogens is 3. The van der Waals surface area contributed by atoms with Gasteiger partial charge >= 0.3 is 6.18 Å². The molecule has 0 aromatic carbocycles. The summed E-state index contributed by atoms with van der Waals surface area (Å²) in [5, 5.41) is 6.38. The molecular formula is C14H27F3N4. The molecule has 1 saturated heterocycles. The van der Waals surface area contributed by atoms with Crippen molar-refractivity contribution >= 4 is 5.96 Å². The fourth-order valence-corrected chi connectivity index (χ4v) is 2.30. The molecule has 0 bridgehead atoms. The molecule has 4 nitrogen and oxygen atoms in total. The van der Waals surface area contributed by atoms with Crippen LogP contribution in [0.1, 0.15) is 33.6 Å². The number of nitrogens with zero attached hydrogens (tertiary/aromatic N) is 2. The van der Waals surface area contributed by atoms with Gasteiger partial charge in [0.05, 0.1) is 6.54 Å². The van der Waals surface area contributed by atoms with Gasteiger partial charge in [-0.2, -0.15) is 13.2 Å². The van der Waals surface area contributed by atoms with Gasteiger partial charge in [-0.25, -0.2) is 0 Å². The summed E-state index contributed by atoms with van der Waals surface area (Å²) in [6, 6.07) is 0.0317. The van der Waals surface area contributed by atoms with Gasteiger partial charge in [0.1, 0.15) is 0 Å². The lowest BCUT2D eigenvalue weighted by Gasteiger charge is -2.19. The predicted molar refractivity (Wildman–Crippen MR) is 79.5 cm³/mol. The first-order chi connectivity index (χ1) is 9.80. The van der Waals surface area contributed by atoms with E-state index in [4.69, 9.17) is 0 Å². The van der Waals surface area contributed by atoms with Crippen LogP contribution in [-0.4, -0.2) is 55.8 Å². The molecule has 7 heteroatoms. The number of guanidine groups is 1. The summed E-state index contributed by atoms with van der Waals surface area (Å²) in [6.45, 7) is 7.79. The van der Waals surface area contributed by atoms with Gasteiger partial charge in [0, 0.05) is 32.2 Å². The first kappa shape index (κ1) is 18.1. The molecule has 21 heavy (non-hydrogen) atoms. The minimum Gasteiger partial charge on any atom is -0.357 e. The van der Waals surface area contributed by atoms with Crippen molar-refractivity contribution in [2.45, 2.75) is 45.8 Å². The van der Waals surface area contributed by atoms with E-state index in [1.807, 2.05) is 6.92 Å². The molecule has 1 unspecified atom stereocenters. The highest BCUT2D eigenvalue weighted by Crippen LogP contribution is 2.19. The molecule has 1 heterocycles. The number of nitrogens with one attached hydrogen (secondary N) is 2. The van der Waals surface area contributed by atoms with Crippen LogP contribution in [0.15, 0.2) is 4.99 Å². The van der Waals surface area contributed by atoms with Gasteiger partial charge in [0.25, 0.3) is 0 Å². The lowest BCUT2D eigenvalue weighted by molar-refractivity contribution is -0.143. The lowest BCUT2D eigenvalue weighted by atomic mass is 10.1. The van der Waals surface area contributed by atoms with Crippen LogP contribution in [0.25, 0.3) is 0 Å². The maximum absolute atomic E-state index is 12.4. The number of aliphatic imine (C=N–C) groups is 1. The van der Waals surface area contributed by atoms with Gasteiger partial charge in [-0.1, -0.05) is 13.8 Å². The Bertz CT molecular complexity index is 329. The number of rotatable bonds is 6. The molecule has 0 radical (unpaired) electrons. The van der Waals surface area contributed by atoms with E-state index < -0.39 is 12.7 Å². The molecule has 0 aromatic heterocycles. The van der Waals surface area contributed by atoms with Crippen LogP contribution in [0.3, 0.4) is 0 Å². The summed E-state index contributed by atoms with van der Waals surface area (Å²) < 4.78 is 37.1. The summed E-state index contributed by atoms with van der Waals surface area (Å²) in [5.41, 5.74) is 0. The molecule has 0 aromatic rings. The van der Waals surface area contributed by atoms with Crippen molar-refractivity contribution in [2.75, 3.05) is 32.7 Å². The zero-order chi connectivity index (χ0) is 15.9. The van der Waals surface area contributed by atoms with E-state index in [9.17, 15) is 13.2 Å². The van der Waals surface area contributed by atoms with E-state index >= 15 is 0 Å². The van der Waals surface area contributed by atoms with Gasteiger partial charge in [-0.15, -0.1) is 0 Å². The molecule has 0 aliphatic carbocycles. The molecule has 1 aliphatic heterocycles. The largest absolute Gasteiger partial charge is 0.401 e. The third-order valence-electron chi connectivity index (χ3n) is 3.34. The van der Waals surface area contributed by atoms with Crippen LogP contribution in [0, 0.1) is 5.92 Å². The van der Waals surface area contributed by atoms with E-state index in [0.717, 1.165) is 19.5 Å². The Hall–Kier alpha value is -0.980. The Morgan fingerprint density at radius 3 is 2.67 bits per heavy atom. The van der Waals surface area contributed by atoms with E-state index in [-0.39, 0.29) is 6.04 Å². The number of likely N-dealkylation sites (tertiary alicyclic amines) is 1. The Morgan fingerprint density at radius 2 is 2.10 bits per heavy atom. The SMILES string of the molecule is CCNC(=NCCC(C)C)NC1CCN(CC(F)(F)F)C1. The monoisotopic (exact) mass is 308 g/mol. The second-order valence-electron chi connectivity index (χ2n) is 5.92. The zero-order valence-electron chi connectivity index (χ0n) is 13.1. The average molecular weight is 308 g/mol. The second-order valence-corrected chi connectivity index (χ2v) is 5.92. The summed E-state index contributed by atoms with van der Waals surface area (Å²) in [4.78, 5) is 5.91. The fourth-order valence-electron chi connectivity index (χ4n) is 2.30. The molecular weight excluding hydrogens is 281 g/mol. The van der Waals surface area contributed by atoms with Crippen LogP contribution in [0.2, 0.25) is 0 Å². The fraction of sp³-hybridized carbons (Fsp3) is 0.929. The van der Waals surface area contributed by atoms with Crippen molar-refractivity contribution in [1.82, 2.24) is 15.5 Å². The van der Waals surface area contributed by atoms with Gasteiger partial charge in [0.15, 0.2) is 5.96 Å². The topological polar surface area (TPSA) is 39.7 Å². The van der Waals surface area contributed by atoms with E-state index in [1.165, 1.54) is 4.90 Å². The second kappa shape index (κ2) is 8.46. The summed E-state index contributed by atoms with van der Waals surface area (Å²) in [5.74, 6) is 1.29. The zero-order valence-corrected chi connectivity index (χ0v) is 13.1. The van der Waals surface area contributed by atoms with Gasteiger partial charge in [-0.3, -0.25) is 9.89 Å². The standard InChI is InChI=1S/C14H27F3N4/c1-4-18-13(19-7-5-11(2)3)20-12-6-8-21(9-12)10-14(15,16)17/h11-12H,4-10H2,1-3H3,(H2,18,19,20). The number of hydrogen-bond acceptors (Lipinski definition) is 2. The van der Waals surface area contributed by atoms with E-state index in [2.05, 4.69) is 29.5 Å². The van der Waals surface area contributed by atoms with Crippen molar-refractivity contribution in [1.29, 1.82) is 0 Å². The molecule has 1 aliphatic rings. The van der Waals surface area contributed by atoms with Crippen LogP contribution in [0.5, 0.6) is 0 Å². The van der Waals surface area contributed by atoms with Crippen molar-refractivity contribution in [3.63, 3.8) is 0 Å². The molecule has 0 saturated carbocycles. The smallest absolute Gasteiger partial charge is 0.357 e. The highest BCUT2D eigenvalue weighted by atomic mass is 19.4. The number of alkyl halides is 3. The Kier molecular flexibility index (Phi) is 7.28. The lowest BCUT2D eigenvalue weighted by Crippen LogP contribution is -2.45. The number of hydrogen-bond donors (Lipinski definition) is 2. The van der Waals surface area contributed by atoms with Crippen molar-refractivity contribution in [3.8, 4) is 0 Å². The molecule has 0 amide bonds. The maximum Gasteiger partial charge on any atom is 0.401 e. The van der Waals surface area contributed by atoms with Gasteiger partial charge in [0.2, 0.25) is 0 Å². The minimum atomic E-state index is -4.12. The summed E-state index contributed by atoms with van der Waals surface area (Å²) >= 11 is 0. The maximum atomic E-state index is 12.4. The Balaban J connectivity index is 2.42. The van der Waals surface area contributed by atoms with E-state index in [0.29, 0.717) is 31.4 Å². The van der Waals surface area contributed by atoms with Gasteiger partial charge < -0.3 is 10.6 Å². The molecule has 1 fully saturated rings. The van der Waals surface area contributed by atoms with E-state index in [1.54, 1.807) is 0 Å². The van der Waals surface area contributed by atoms with Gasteiger partial charge in [-0.05, 0) is 25.7 Å². The predicted octanol–water partition coefficient (Wildman–Crippen LogP) is 2.22. The molecule has 0 spiro atoms. The van der Waals surface area contributed by atoms with Crippen molar-refractivity contribution in [2.24, 2.45) is 10.9 Å². The molecule has 2 N–H and O–H groups in total. The third kappa shape index (κ3) is 8.14. The normalized spacial score (nSPS) is 21.1. The summed E-state index contributed by atoms with van der Waals surface area (Å²) in [7, 11) is 0. The Morgan fingerprint density at radius 1 is 1.38 bits per heavy atom. The molecule has 1 rings (SSSR count). The molecule has 124 valence electrons. The highest BCUT2D eigenvalue weighted by molar-refractivity contribution is 5.80. The first-order valence-electron chi connectivity index (χ1n) is 7.64.